The van der Waals surface area contributed by atoms with Crippen LogP contribution in [0.4, 0.5) is 10.5 Å². The molecule has 1 aliphatic rings. The zero-order chi connectivity index (χ0) is 16.1. The van der Waals surface area contributed by atoms with Crippen molar-refractivity contribution in [2.45, 2.75) is 20.3 Å². The molecular weight excluding hydrogens is 298 g/mol. The van der Waals surface area contributed by atoms with Crippen LogP contribution in [-0.2, 0) is 4.79 Å². The summed E-state index contributed by atoms with van der Waals surface area (Å²) in [7, 11) is 0. The molecule has 0 bridgehead atoms. The van der Waals surface area contributed by atoms with Crippen molar-refractivity contribution in [2.24, 2.45) is 5.92 Å². The lowest BCUT2D eigenvalue weighted by Crippen LogP contribution is -2.15. The number of ketones is 1. The van der Waals surface area contributed by atoms with Crippen LogP contribution in [0.3, 0.4) is 0 Å². The van der Waals surface area contributed by atoms with E-state index in [1.54, 1.807) is 12.1 Å². The first-order valence-corrected chi connectivity index (χ1v) is 8.13. The Hall–Kier alpha value is -2.01. The zero-order valence-corrected chi connectivity index (χ0v) is 13.5. The van der Waals surface area contributed by atoms with Crippen LogP contribution in [0.25, 0.3) is 6.08 Å². The van der Waals surface area contributed by atoms with E-state index in [0.29, 0.717) is 29.4 Å². The van der Waals surface area contributed by atoms with Crippen molar-refractivity contribution in [3.8, 4) is 5.75 Å². The number of anilines is 1. The molecule has 2 rings (SSSR count). The summed E-state index contributed by atoms with van der Waals surface area (Å²) in [5.74, 6) is 1.79. The molecule has 0 fully saturated rings. The highest BCUT2D eigenvalue weighted by Crippen LogP contribution is 2.30. The van der Waals surface area contributed by atoms with Crippen LogP contribution in [0.1, 0.15) is 25.8 Å². The van der Waals surface area contributed by atoms with Crippen LogP contribution in [0.5, 0.6) is 5.75 Å². The standard InChI is InChI=1S/C17H19NO3S/c1-4-15(19)11(2)10-22-17(20)18-14-8-7-13-6-5-12(3)21-16(13)9-14/h5-9,11H,3-4,10H2,1-2H3,(H,18,20). The smallest absolute Gasteiger partial charge is 0.283 e. The number of carbonyl (C=O) groups excluding carboxylic acids is 2. The van der Waals surface area contributed by atoms with Gasteiger partial charge in [0.15, 0.2) is 0 Å². The first-order chi connectivity index (χ1) is 10.5. The van der Waals surface area contributed by atoms with E-state index in [1.165, 1.54) is 0 Å². The second-order valence-electron chi connectivity index (χ2n) is 5.10. The molecule has 0 radical (unpaired) electrons. The summed E-state index contributed by atoms with van der Waals surface area (Å²) in [6.07, 6.45) is 4.21. The number of carbonyl (C=O) groups is 2. The maximum absolute atomic E-state index is 11.9. The Balaban J connectivity index is 1.92. The maximum Gasteiger partial charge on any atom is 0.283 e. The molecular formula is C17H19NO3S. The van der Waals surface area contributed by atoms with Crippen molar-refractivity contribution in [3.05, 3.63) is 42.2 Å². The monoisotopic (exact) mass is 317 g/mol. The van der Waals surface area contributed by atoms with Crippen LogP contribution in [0.15, 0.2) is 36.6 Å². The third-order valence-corrected chi connectivity index (χ3v) is 4.34. The van der Waals surface area contributed by atoms with E-state index in [9.17, 15) is 9.59 Å². The molecule has 4 nitrogen and oxygen atoms in total. The predicted molar refractivity (Wildman–Crippen MR) is 91.2 cm³/mol. The SMILES string of the molecule is C=C1C=Cc2ccc(NC(=O)SCC(C)C(=O)CC)cc2O1. The van der Waals surface area contributed by atoms with E-state index in [2.05, 4.69) is 11.9 Å². The summed E-state index contributed by atoms with van der Waals surface area (Å²) in [5.41, 5.74) is 1.61. The number of thioether (sulfide) groups is 1. The minimum atomic E-state index is -0.180. The van der Waals surface area contributed by atoms with Gasteiger partial charge in [0.05, 0.1) is 0 Å². The molecule has 22 heavy (non-hydrogen) atoms. The Morgan fingerprint density at radius 3 is 2.86 bits per heavy atom. The van der Waals surface area contributed by atoms with E-state index in [0.717, 1.165) is 17.3 Å². The van der Waals surface area contributed by atoms with Gasteiger partial charge in [-0.25, -0.2) is 0 Å². The second kappa shape index (κ2) is 7.31. The van der Waals surface area contributed by atoms with E-state index in [4.69, 9.17) is 4.74 Å². The molecule has 116 valence electrons. The minimum Gasteiger partial charge on any atom is -0.457 e. The van der Waals surface area contributed by atoms with Crippen molar-refractivity contribution in [1.82, 2.24) is 0 Å². The Morgan fingerprint density at radius 2 is 2.14 bits per heavy atom. The summed E-state index contributed by atoms with van der Waals surface area (Å²) < 4.78 is 5.51. The van der Waals surface area contributed by atoms with Crippen molar-refractivity contribution >= 4 is 34.5 Å². The molecule has 0 spiro atoms. The maximum atomic E-state index is 11.9. The highest BCUT2D eigenvalue weighted by atomic mass is 32.2. The van der Waals surface area contributed by atoms with Gasteiger partial charge in [0.25, 0.3) is 5.24 Å². The van der Waals surface area contributed by atoms with E-state index >= 15 is 0 Å². The number of nitrogens with one attached hydrogen (secondary N) is 1. The van der Waals surface area contributed by atoms with Gasteiger partial charge in [-0.2, -0.15) is 0 Å². The molecule has 1 aromatic carbocycles. The number of fused-ring (bicyclic) bond motifs is 1. The van der Waals surface area contributed by atoms with Gasteiger partial charge < -0.3 is 10.1 Å². The van der Waals surface area contributed by atoms with Gasteiger partial charge in [0.1, 0.15) is 17.3 Å². The van der Waals surface area contributed by atoms with Gasteiger partial charge in [-0.3, -0.25) is 9.59 Å². The van der Waals surface area contributed by atoms with Crippen molar-refractivity contribution in [2.75, 3.05) is 11.1 Å². The Kier molecular flexibility index (Phi) is 5.44. The fourth-order valence-corrected chi connectivity index (χ4v) is 2.77. The van der Waals surface area contributed by atoms with Crippen LogP contribution >= 0.6 is 11.8 Å². The van der Waals surface area contributed by atoms with Crippen LogP contribution in [-0.4, -0.2) is 16.8 Å². The molecule has 1 amide bonds. The number of ether oxygens (including phenoxy) is 1. The van der Waals surface area contributed by atoms with Crippen molar-refractivity contribution in [1.29, 1.82) is 0 Å². The third kappa shape index (κ3) is 4.24. The molecule has 0 aliphatic carbocycles. The first-order valence-electron chi connectivity index (χ1n) is 7.15. The van der Waals surface area contributed by atoms with Gasteiger partial charge in [0.2, 0.25) is 0 Å². The summed E-state index contributed by atoms with van der Waals surface area (Å²) in [6.45, 7) is 7.42. The van der Waals surface area contributed by atoms with Crippen LogP contribution in [0, 0.1) is 5.92 Å². The molecule has 1 atom stereocenters. The minimum absolute atomic E-state index is 0.110. The van der Waals surface area contributed by atoms with E-state index in [1.807, 2.05) is 32.1 Å². The van der Waals surface area contributed by atoms with Crippen molar-refractivity contribution in [3.63, 3.8) is 0 Å². The number of rotatable bonds is 5. The Bertz CT molecular complexity index is 637. The molecule has 1 N–H and O–H groups in total. The lowest BCUT2D eigenvalue weighted by Gasteiger charge is -2.15. The summed E-state index contributed by atoms with van der Waals surface area (Å²) in [4.78, 5) is 23.4. The zero-order valence-electron chi connectivity index (χ0n) is 12.7. The predicted octanol–water partition coefficient (Wildman–Crippen LogP) is 4.49. The molecule has 1 aromatic rings. The quantitative estimate of drug-likeness (QED) is 0.869. The number of hydrogen-bond donors (Lipinski definition) is 1. The molecule has 1 heterocycles. The third-order valence-electron chi connectivity index (χ3n) is 3.31. The van der Waals surface area contributed by atoms with Crippen LogP contribution < -0.4 is 10.1 Å². The molecule has 0 saturated carbocycles. The molecule has 0 aromatic heterocycles. The molecule has 1 aliphatic heterocycles. The van der Waals surface area contributed by atoms with Crippen LogP contribution in [0.2, 0.25) is 0 Å². The Morgan fingerprint density at radius 1 is 1.36 bits per heavy atom. The summed E-state index contributed by atoms with van der Waals surface area (Å²) in [6, 6.07) is 5.46. The van der Waals surface area contributed by atoms with Gasteiger partial charge in [-0.15, -0.1) is 0 Å². The summed E-state index contributed by atoms with van der Waals surface area (Å²) >= 11 is 1.12. The number of hydrogen-bond acceptors (Lipinski definition) is 4. The molecule has 1 unspecified atom stereocenters. The van der Waals surface area contributed by atoms with Crippen molar-refractivity contribution < 1.29 is 14.3 Å². The normalized spacial score (nSPS) is 14.0. The van der Waals surface area contributed by atoms with E-state index in [-0.39, 0.29) is 16.9 Å². The van der Waals surface area contributed by atoms with Gasteiger partial charge in [0, 0.05) is 35.4 Å². The molecule has 0 saturated heterocycles. The first kappa shape index (κ1) is 16.4. The average molecular weight is 317 g/mol. The molecule has 5 heteroatoms. The van der Waals surface area contributed by atoms with Gasteiger partial charge in [-0.05, 0) is 24.3 Å². The lowest BCUT2D eigenvalue weighted by molar-refractivity contribution is -0.121. The highest BCUT2D eigenvalue weighted by Gasteiger charge is 2.14. The Labute approximate surface area is 134 Å². The van der Waals surface area contributed by atoms with Gasteiger partial charge in [-0.1, -0.05) is 32.2 Å². The summed E-state index contributed by atoms with van der Waals surface area (Å²) in [5, 5.41) is 2.62. The second-order valence-corrected chi connectivity index (χ2v) is 6.09. The largest absolute Gasteiger partial charge is 0.457 e. The number of Topliss-reactive ketones (excluding diaryl/α,β-unsaturated/α-hetero) is 1. The van der Waals surface area contributed by atoms with E-state index < -0.39 is 0 Å². The number of amides is 1. The highest BCUT2D eigenvalue weighted by molar-refractivity contribution is 8.13. The number of allylic oxidation sites excluding steroid dienone is 1. The number of benzene rings is 1. The fraction of sp³-hybridized carbons (Fsp3) is 0.294. The topological polar surface area (TPSA) is 55.4 Å². The fourth-order valence-electron chi connectivity index (χ4n) is 1.99. The lowest BCUT2D eigenvalue weighted by atomic mass is 10.1. The van der Waals surface area contributed by atoms with Gasteiger partial charge >= 0.3 is 0 Å². The average Bonchev–Trinajstić information content (AvgIpc) is 2.51.